The lowest BCUT2D eigenvalue weighted by Gasteiger charge is -2.12. The van der Waals surface area contributed by atoms with Crippen LogP contribution in [0.25, 0.3) is 0 Å². The van der Waals surface area contributed by atoms with Crippen molar-refractivity contribution in [2.75, 3.05) is 0 Å². The number of carbonyl (C=O) groups is 1. The van der Waals surface area contributed by atoms with Crippen LogP contribution in [0.3, 0.4) is 0 Å². The molecule has 0 aromatic heterocycles. The van der Waals surface area contributed by atoms with Crippen molar-refractivity contribution in [1.29, 1.82) is 0 Å². The average Bonchev–Trinajstić information content (AvgIpc) is 2.09. The highest BCUT2D eigenvalue weighted by Crippen LogP contribution is 2.33. The van der Waals surface area contributed by atoms with E-state index in [1.54, 1.807) is 0 Å². The third-order valence-electron chi connectivity index (χ3n) is 2.24. The Kier molecular flexibility index (Phi) is 1.01. The third kappa shape index (κ3) is 0.732. The third-order valence-corrected chi connectivity index (χ3v) is 2.24. The van der Waals surface area contributed by atoms with E-state index < -0.39 is 0 Å². The summed E-state index contributed by atoms with van der Waals surface area (Å²) in [5.41, 5.74) is 0. The van der Waals surface area contributed by atoms with Gasteiger partial charge in [-0.05, 0) is 25.7 Å². The summed E-state index contributed by atoms with van der Waals surface area (Å²) in [6, 6.07) is 0. The van der Waals surface area contributed by atoms with Gasteiger partial charge in [-0.1, -0.05) is 0 Å². The molecule has 1 heterocycles. The second-order valence-corrected chi connectivity index (χ2v) is 2.92. The van der Waals surface area contributed by atoms with Crippen LogP contribution in [-0.2, 0) is 9.53 Å². The van der Waals surface area contributed by atoms with Crippen molar-refractivity contribution in [3.63, 3.8) is 0 Å². The summed E-state index contributed by atoms with van der Waals surface area (Å²) < 4.78 is 5.05. The van der Waals surface area contributed by atoms with Gasteiger partial charge in [0, 0.05) is 0 Å². The number of hydrogen-bond donors (Lipinski definition) is 0. The predicted molar refractivity (Wildman–Crippen MR) is 31.8 cm³/mol. The Morgan fingerprint density at radius 3 is 3.00 bits per heavy atom. The van der Waals surface area contributed by atoms with Crippen molar-refractivity contribution in [2.24, 2.45) is 5.92 Å². The van der Waals surface area contributed by atoms with E-state index in [0.29, 0.717) is 0 Å². The van der Waals surface area contributed by atoms with Gasteiger partial charge in [0.1, 0.15) is 6.10 Å². The zero-order valence-electron chi connectivity index (χ0n) is 5.30. The van der Waals surface area contributed by atoms with Crippen LogP contribution in [0.1, 0.15) is 25.7 Å². The zero-order chi connectivity index (χ0) is 6.27. The second-order valence-electron chi connectivity index (χ2n) is 2.92. The first-order valence-corrected chi connectivity index (χ1v) is 3.57. The first kappa shape index (κ1) is 5.27. The molecule has 1 aliphatic heterocycles. The maximum absolute atomic E-state index is 10.8. The molecular formula is C7H10O2. The molecular weight excluding hydrogens is 116 g/mol. The molecule has 1 saturated carbocycles. The Hall–Kier alpha value is -0.530. The molecule has 2 atom stereocenters. The monoisotopic (exact) mass is 126 g/mol. The minimum Gasteiger partial charge on any atom is -0.462 e. The lowest BCUT2D eigenvalue weighted by Crippen LogP contribution is -2.10. The van der Waals surface area contributed by atoms with E-state index >= 15 is 0 Å². The van der Waals surface area contributed by atoms with E-state index in [0.717, 1.165) is 19.3 Å². The maximum Gasteiger partial charge on any atom is 0.309 e. The molecule has 2 nitrogen and oxygen atoms in total. The number of ether oxygens (including phenoxy) is 1. The molecule has 2 aliphatic rings. The fourth-order valence-electron chi connectivity index (χ4n) is 1.73. The van der Waals surface area contributed by atoms with Crippen LogP contribution in [0.15, 0.2) is 0 Å². The van der Waals surface area contributed by atoms with E-state index in [9.17, 15) is 4.79 Å². The van der Waals surface area contributed by atoms with Gasteiger partial charge in [-0.3, -0.25) is 4.79 Å². The quantitative estimate of drug-likeness (QED) is 0.454. The summed E-state index contributed by atoms with van der Waals surface area (Å²) in [6.07, 6.45) is 4.63. The molecule has 2 fully saturated rings. The average molecular weight is 126 g/mol. The molecule has 2 rings (SSSR count). The van der Waals surface area contributed by atoms with Crippen LogP contribution in [0.4, 0.5) is 0 Å². The van der Waals surface area contributed by atoms with Crippen LogP contribution in [-0.4, -0.2) is 12.1 Å². The maximum atomic E-state index is 10.8. The number of esters is 1. The van der Waals surface area contributed by atoms with Crippen molar-refractivity contribution >= 4 is 5.97 Å². The minimum absolute atomic E-state index is 0.0532. The molecule has 0 N–H and O–H groups in total. The molecule has 0 amide bonds. The van der Waals surface area contributed by atoms with Gasteiger partial charge in [0.05, 0.1) is 5.92 Å². The Morgan fingerprint density at radius 2 is 2.33 bits per heavy atom. The fraction of sp³-hybridized carbons (Fsp3) is 0.857. The number of carbonyl (C=O) groups excluding carboxylic acids is 1. The molecule has 2 heteroatoms. The van der Waals surface area contributed by atoms with Gasteiger partial charge < -0.3 is 4.74 Å². The number of rotatable bonds is 0. The van der Waals surface area contributed by atoms with Crippen LogP contribution in [0.5, 0.6) is 0 Å². The number of hydrogen-bond acceptors (Lipinski definition) is 2. The molecule has 0 aromatic carbocycles. The van der Waals surface area contributed by atoms with Gasteiger partial charge in [-0.25, -0.2) is 0 Å². The van der Waals surface area contributed by atoms with E-state index in [1.807, 2.05) is 0 Å². The first-order valence-electron chi connectivity index (χ1n) is 3.57. The fourth-order valence-corrected chi connectivity index (χ4v) is 1.73. The summed E-state index contributed by atoms with van der Waals surface area (Å²) >= 11 is 0. The highest BCUT2D eigenvalue weighted by atomic mass is 16.6. The molecule has 1 saturated heterocycles. The van der Waals surface area contributed by atoms with Crippen LogP contribution in [0, 0.1) is 5.92 Å². The lowest BCUT2D eigenvalue weighted by molar-refractivity contribution is -0.143. The highest BCUT2D eigenvalue weighted by Gasteiger charge is 2.37. The summed E-state index contributed by atoms with van der Waals surface area (Å²) in [5.74, 6) is 0.321. The van der Waals surface area contributed by atoms with Crippen molar-refractivity contribution in [2.45, 2.75) is 31.8 Å². The Balaban J connectivity index is 2.15. The summed E-state index contributed by atoms with van der Waals surface area (Å²) in [6.45, 7) is 0. The molecule has 1 unspecified atom stereocenters. The van der Waals surface area contributed by atoms with Gasteiger partial charge in [-0.15, -0.1) is 0 Å². The van der Waals surface area contributed by atoms with E-state index in [1.165, 1.54) is 6.42 Å². The summed E-state index contributed by atoms with van der Waals surface area (Å²) in [4.78, 5) is 10.8. The Bertz CT molecular complexity index is 142. The van der Waals surface area contributed by atoms with Gasteiger partial charge in [0.2, 0.25) is 0 Å². The zero-order valence-corrected chi connectivity index (χ0v) is 5.30. The van der Waals surface area contributed by atoms with E-state index in [2.05, 4.69) is 0 Å². The van der Waals surface area contributed by atoms with Gasteiger partial charge in [0.15, 0.2) is 0 Å². The molecule has 0 spiro atoms. The number of fused-ring (bicyclic) bond motifs is 2. The normalized spacial score (nSPS) is 40.7. The highest BCUT2D eigenvalue weighted by molar-refractivity contribution is 5.74. The van der Waals surface area contributed by atoms with E-state index in [-0.39, 0.29) is 18.0 Å². The van der Waals surface area contributed by atoms with Crippen molar-refractivity contribution in [3.05, 3.63) is 0 Å². The molecule has 9 heavy (non-hydrogen) atoms. The molecule has 0 aromatic rings. The van der Waals surface area contributed by atoms with Crippen LogP contribution >= 0.6 is 0 Å². The van der Waals surface area contributed by atoms with Gasteiger partial charge in [0.25, 0.3) is 0 Å². The smallest absolute Gasteiger partial charge is 0.309 e. The van der Waals surface area contributed by atoms with Crippen molar-refractivity contribution < 1.29 is 9.53 Å². The topological polar surface area (TPSA) is 26.3 Å². The SMILES string of the molecule is O=C1O[C@@H]2CCCC1C2. The predicted octanol–water partition coefficient (Wildman–Crippen LogP) is 1.10. The first-order chi connectivity index (χ1) is 4.36. The van der Waals surface area contributed by atoms with Crippen LogP contribution < -0.4 is 0 Å². The Labute approximate surface area is 54.2 Å². The minimum atomic E-state index is 0.0532. The molecule has 0 radical (unpaired) electrons. The largest absolute Gasteiger partial charge is 0.462 e. The lowest BCUT2D eigenvalue weighted by atomic mass is 9.90. The van der Waals surface area contributed by atoms with Crippen LogP contribution in [0.2, 0.25) is 0 Å². The van der Waals surface area contributed by atoms with Gasteiger partial charge in [-0.2, -0.15) is 0 Å². The molecule has 1 aliphatic carbocycles. The van der Waals surface area contributed by atoms with Crippen molar-refractivity contribution in [3.8, 4) is 0 Å². The summed E-state index contributed by atoms with van der Waals surface area (Å²) in [5, 5.41) is 0. The van der Waals surface area contributed by atoms with Crippen molar-refractivity contribution in [1.82, 2.24) is 0 Å². The second kappa shape index (κ2) is 1.72. The summed E-state index contributed by atoms with van der Waals surface area (Å²) in [7, 11) is 0. The Morgan fingerprint density at radius 1 is 1.44 bits per heavy atom. The standard InChI is InChI=1S/C7H10O2/c8-7-5-2-1-3-6(4-5)9-7/h5-6H,1-4H2/t5?,6-/m1/s1. The molecule has 2 bridgehead atoms. The van der Waals surface area contributed by atoms with Gasteiger partial charge >= 0.3 is 5.97 Å². The van der Waals surface area contributed by atoms with E-state index in [4.69, 9.17) is 4.74 Å². The molecule has 50 valence electrons.